The Morgan fingerprint density at radius 2 is 1.95 bits per heavy atom. The predicted octanol–water partition coefficient (Wildman–Crippen LogP) is 4.23. The Bertz CT molecular complexity index is 786. The summed E-state index contributed by atoms with van der Waals surface area (Å²) < 4.78 is 21.7. The van der Waals surface area contributed by atoms with E-state index in [2.05, 4.69) is 26.0 Å². The summed E-state index contributed by atoms with van der Waals surface area (Å²) in [6, 6.07) is 12.3. The Hall–Kier alpha value is -2.21. The Balaban J connectivity index is 2.01. The monoisotopic (exact) mass is 361 g/mol. The summed E-state index contributed by atoms with van der Waals surface area (Å²) in [4.78, 5) is 4.23. The first-order chi connectivity index (χ1) is 10.7. The molecule has 0 atom stereocenters. The minimum atomic E-state index is -0.368. The third kappa shape index (κ3) is 2.87. The summed E-state index contributed by atoms with van der Waals surface area (Å²) in [5, 5.41) is 4.13. The second-order valence-corrected chi connectivity index (χ2v) is 5.46. The van der Waals surface area contributed by atoms with Crippen LogP contribution in [0, 0.1) is 5.82 Å². The molecular formula is C16H13BrFN3O. The van der Waals surface area contributed by atoms with E-state index in [1.165, 1.54) is 17.1 Å². The zero-order valence-corrected chi connectivity index (χ0v) is 13.4. The lowest BCUT2D eigenvalue weighted by atomic mass is 10.2. The summed E-state index contributed by atoms with van der Waals surface area (Å²) in [7, 11) is 0. The fourth-order valence-electron chi connectivity index (χ4n) is 2.13. The molecule has 0 aliphatic heterocycles. The molecule has 0 spiro atoms. The van der Waals surface area contributed by atoms with Crippen LogP contribution in [0.25, 0.3) is 17.1 Å². The quantitative estimate of drug-likeness (QED) is 0.697. The molecule has 4 nitrogen and oxygen atoms in total. The smallest absolute Gasteiger partial charge is 0.163 e. The number of halogens is 2. The Kier molecular flexibility index (Phi) is 4.20. The van der Waals surface area contributed by atoms with Gasteiger partial charge < -0.3 is 4.74 Å². The van der Waals surface area contributed by atoms with Crippen molar-refractivity contribution >= 4 is 15.9 Å². The van der Waals surface area contributed by atoms with Crippen molar-refractivity contribution in [1.29, 1.82) is 0 Å². The predicted molar refractivity (Wildman–Crippen MR) is 85.6 cm³/mol. The van der Waals surface area contributed by atoms with Gasteiger partial charge in [-0.25, -0.2) is 14.1 Å². The van der Waals surface area contributed by atoms with E-state index in [0.717, 1.165) is 11.3 Å². The van der Waals surface area contributed by atoms with Gasteiger partial charge in [-0.05, 0) is 49.4 Å². The van der Waals surface area contributed by atoms with Crippen LogP contribution in [0.1, 0.15) is 6.92 Å². The van der Waals surface area contributed by atoms with Crippen molar-refractivity contribution in [2.45, 2.75) is 6.92 Å². The third-order valence-electron chi connectivity index (χ3n) is 3.11. The lowest BCUT2D eigenvalue weighted by molar-refractivity contribution is 0.340. The van der Waals surface area contributed by atoms with Crippen molar-refractivity contribution in [2.24, 2.45) is 0 Å². The molecule has 0 saturated heterocycles. The number of aromatic nitrogens is 3. The van der Waals surface area contributed by atoms with Crippen LogP contribution in [0.5, 0.6) is 5.75 Å². The van der Waals surface area contributed by atoms with Crippen LogP contribution in [0.15, 0.2) is 53.3 Å². The molecule has 0 bridgehead atoms. The maximum absolute atomic E-state index is 14.1. The molecule has 0 amide bonds. The van der Waals surface area contributed by atoms with Crippen molar-refractivity contribution in [1.82, 2.24) is 14.8 Å². The molecule has 3 rings (SSSR count). The van der Waals surface area contributed by atoms with Crippen LogP contribution in [-0.2, 0) is 0 Å². The van der Waals surface area contributed by atoms with E-state index in [9.17, 15) is 4.39 Å². The van der Waals surface area contributed by atoms with Crippen LogP contribution < -0.4 is 4.74 Å². The molecule has 0 aliphatic rings. The third-order valence-corrected chi connectivity index (χ3v) is 3.60. The molecule has 0 fully saturated rings. The minimum absolute atomic E-state index is 0.351. The van der Waals surface area contributed by atoms with E-state index in [-0.39, 0.29) is 5.82 Å². The average Bonchev–Trinajstić information content (AvgIpc) is 2.97. The highest BCUT2D eigenvalue weighted by molar-refractivity contribution is 9.10. The van der Waals surface area contributed by atoms with E-state index in [0.29, 0.717) is 22.6 Å². The first kappa shape index (κ1) is 14.7. The number of benzene rings is 2. The lowest BCUT2D eigenvalue weighted by Crippen LogP contribution is -2.02. The van der Waals surface area contributed by atoms with Crippen LogP contribution in [-0.4, -0.2) is 21.4 Å². The number of hydrogen-bond acceptors (Lipinski definition) is 3. The SMILES string of the molecule is CCOc1ccc(-c2ncnn2-c2ccc(Br)cc2F)cc1. The molecule has 0 N–H and O–H groups in total. The van der Waals surface area contributed by atoms with Gasteiger partial charge >= 0.3 is 0 Å². The van der Waals surface area contributed by atoms with E-state index >= 15 is 0 Å². The molecule has 3 aromatic rings. The van der Waals surface area contributed by atoms with Crippen molar-refractivity contribution in [3.63, 3.8) is 0 Å². The summed E-state index contributed by atoms with van der Waals surface area (Å²) in [5.41, 5.74) is 1.19. The second kappa shape index (κ2) is 6.27. The maximum Gasteiger partial charge on any atom is 0.163 e. The Labute approximate surface area is 135 Å². The van der Waals surface area contributed by atoms with Gasteiger partial charge in [-0.1, -0.05) is 15.9 Å². The highest BCUT2D eigenvalue weighted by Crippen LogP contribution is 2.25. The molecule has 1 aromatic heterocycles. The maximum atomic E-state index is 14.1. The zero-order valence-electron chi connectivity index (χ0n) is 11.8. The van der Waals surface area contributed by atoms with Crippen molar-refractivity contribution in [3.05, 3.63) is 59.1 Å². The highest BCUT2D eigenvalue weighted by Gasteiger charge is 2.13. The van der Waals surface area contributed by atoms with E-state index in [4.69, 9.17) is 4.74 Å². The normalized spacial score (nSPS) is 10.7. The molecule has 0 aliphatic carbocycles. The van der Waals surface area contributed by atoms with Gasteiger partial charge in [0.15, 0.2) is 5.82 Å². The van der Waals surface area contributed by atoms with E-state index in [1.807, 2.05) is 31.2 Å². The number of ether oxygens (including phenoxy) is 1. The fraction of sp³-hybridized carbons (Fsp3) is 0.125. The standard InChI is InChI=1S/C16H13BrFN3O/c1-2-22-13-6-3-11(4-7-13)16-19-10-20-21(16)15-8-5-12(17)9-14(15)18/h3-10H,2H2,1H3. The summed E-state index contributed by atoms with van der Waals surface area (Å²) in [6.07, 6.45) is 1.41. The molecule has 22 heavy (non-hydrogen) atoms. The molecule has 0 unspecified atom stereocenters. The molecule has 6 heteroatoms. The molecule has 0 radical (unpaired) electrons. The largest absolute Gasteiger partial charge is 0.494 e. The average molecular weight is 362 g/mol. The molecule has 2 aromatic carbocycles. The van der Waals surface area contributed by atoms with Crippen LogP contribution >= 0.6 is 15.9 Å². The summed E-state index contributed by atoms with van der Waals surface area (Å²) >= 11 is 3.25. The van der Waals surface area contributed by atoms with Crippen LogP contribution in [0.2, 0.25) is 0 Å². The van der Waals surface area contributed by atoms with E-state index in [1.54, 1.807) is 12.1 Å². The van der Waals surface area contributed by atoms with E-state index < -0.39 is 0 Å². The van der Waals surface area contributed by atoms with Gasteiger partial charge in [0, 0.05) is 10.0 Å². The summed E-state index contributed by atoms with van der Waals surface area (Å²) in [6.45, 7) is 2.54. The van der Waals surface area contributed by atoms with Gasteiger partial charge in [0.2, 0.25) is 0 Å². The van der Waals surface area contributed by atoms with Gasteiger partial charge in [0.25, 0.3) is 0 Å². The minimum Gasteiger partial charge on any atom is -0.494 e. The molecule has 112 valence electrons. The Morgan fingerprint density at radius 3 is 2.64 bits per heavy atom. The fourth-order valence-corrected chi connectivity index (χ4v) is 2.47. The molecule has 0 saturated carbocycles. The second-order valence-electron chi connectivity index (χ2n) is 4.55. The lowest BCUT2D eigenvalue weighted by Gasteiger charge is -2.08. The van der Waals surface area contributed by atoms with Gasteiger partial charge in [0.1, 0.15) is 23.6 Å². The molecular weight excluding hydrogens is 349 g/mol. The first-order valence-corrected chi connectivity index (χ1v) is 7.57. The van der Waals surface area contributed by atoms with Crippen molar-refractivity contribution in [2.75, 3.05) is 6.61 Å². The summed E-state index contributed by atoms with van der Waals surface area (Å²) in [5.74, 6) is 0.989. The van der Waals surface area contributed by atoms with Crippen LogP contribution in [0.4, 0.5) is 4.39 Å². The number of rotatable bonds is 4. The Morgan fingerprint density at radius 1 is 1.18 bits per heavy atom. The van der Waals surface area contributed by atoms with Gasteiger partial charge in [0.05, 0.1) is 6.61 Å². The van der Waals surface area contributed by atoms with Gasteiger partial charge in [-0.2, -0.15) is 5.10 Å². The topological polar surface area (TPSA) is 39.9 Å². The number of nitrogens with zero attached hydrogens (tertiary/aromatic N) is 3. The first-order valence-electron chi connectivity index (χ1n) is 6.77. The number of hydrogen-bond donors (Lipinski definition) is 0. The van der Waals surface area contributed by atoms with Crippen molar-refractivity contribution in [3.8, 4) is 22.8 Å². The zero-order chi connectivity index (χ0) is 15.5. The van der Waals surface area contributed by atoms with Gasteiger partial charge in [-0.15, -0.1) is 0 Å². The highest BCUT2D eigenvalue weighted by atomic mass is 79.9. The van der Waals surface area contributed by atoms with Crippen LogP contribution in [0.3, 0.4) is 0 Å². The van der Waals surface area contributed by atoms with Crippen molar-refractivity contribution < 1.29 is 9.13 Å². The van der Waals surface area contributed by atoms with Gasteiger partial charge in [-0.3, -0.25) is 0 Å². The molecule has 1 heterocycles.